The minimum Gasteiger partial charge on any atom is -0.356 e. The number of hydrogen-bond donors (Lipinski definition) is 1. The van der Waals surface area contributed by atoms with Crippen LogP contribution in [0.2, 0.25) is 0 Å². The molecule has 0 aromatic heterocycles. The van der Waals surface area contributed by atoms with E-state index in [-0.39, 0.29) is 17.2 Å². The van der Waals surface area contributed by atoms with Crippen LogP contribution in [-0.2, 0) is 16.0 Å². The van der Waals surface area contributed by atoms with Crippen LogP contribution in [0.25, 0.3) is 0 Å². The molecule has 134 valence electrons. The fourth-order valence-electron chi connectivity index (χ4n) is 4.67. The molecule has 0 saturated carbocycles. The fraction of sp³-hybridized carbons (Fsp3) is 0.600. The Morgan fingerprint density at radius 2 is 2.12 bits per heavy atom. The highest BCUT2D eigenvalue weighted by Gasteiger charge is 2.46. The molecule has 3 aliphatic heterocycles. The van der Waals surface area contributed by atoms with Gasteiger partial charge in [0.1, 0.15) is 0 Å². The fourth-order valence-corrected chi connectivity index (χ4v) is 4.67. The Morgan fingerprint density at radius 3 is 2.96 bits per heavy atom. The lowest BCUT2D eigenvalue weighted by molar-refractivity contribution is -0.133. The van der Waals surface area contributed by atoms with Gasteiger partial charge in [-0.3, -0.25) is 14.5 Å². The van der Waals surface area contributed by atoms with Gasteiger partial charge in [0.15, 0.2) is 0 Å². The molecular formula is C20H27N3O2. The van der Waals surface area contributed by atoms with Gasteiger partial charge in [0.25, 0.3) is 0 Å². The molecule has 3 aliphatic rings. The monoisotopic (exact) mass is 341 g/mol. The first kappa shape index (κ1) is 16.6. The van der Waals surface area contributed by atoms with E-state index < -0.39 is 0 Å². The second-order valence-electron chi connectivity index (χ2n) is 7.88. The quantitative estimate of drug-likeness (QED) is 0.894. The summed E-state index contributed by atoms with van der Waals surface area (Å²) in [5.74, 6) is 0.352. The van der Waals surface area contributed by atoms with E-state index in [0.717, 1.165) is 64.0 Å². The van der Waals surface area contributed by atoms with Crippen molar-refractivity contribution < 1.29 is 9.59 Å². The third kappa shape index (κ3) is 3.06. The molecule has 2 amide bonds. The molecule has 1 N–H and O–H groups in total. The van der Waals surface area contributed by atoms with Gasteiger partial charge in [0.05, 0.1) is 12.0 Å². The van der Waals surface area contributed by atoms with Gasteiger partial charge in [-0.15, -0.1) is 0 Å². The number of carbonyl (C=O) groups excluding carboxylic acids is 2. The lowest BCUT2D eigenvalue weighted by atomic mass is 9.79. The van der Waals surface area contributed by atoms with Gasteiger partial charge in [-0.2, -0.15) is 0 Å². The number of fused-ring (bicyclic) bond motifs is 1. The van der Waals surface area contributed by atoms with Crippen molar-refractivity contribution in [2.75, 3.05) is 37.6 Å². The summed E-state index contributed by atoms with van der Waals surface area (Å²) in [7, 11) is 0. The van der Waals surface area contributed by atoms with Crippen LogP contribution >= 0.6 is 0 Å². The zero-order valence-electron chi connectivity index (χ0n) is 15.0. The van der Waals surface area contributed by atoms with E-state index >= 15 is 0 Å². The number of likely N-dealkylation sites (tertiary alicyclic amines) is 1. The summed E-state index contributed by atoms with van der Waals surface area (Å²) < 4.78 is 0. The predicted octanol–water partition coefficient (Wildman–Crippen LogP) is 1.88. The van der Waals surface area contributed by atoms with E-state index in [9.17, 15) is 9.59 Å². The maximum absolute atomic E-state index is 12.9. The van der Waals surface area contributed by atoms with E-state index in [1.807, 2.05) is 4.90 Å². The molecule has 3 heterocycles. The first-order valence-electron chi connectivity index (χ1n) is 9.48. The summed E-state index contributed by atoms with van der Waals surface area (Å²) in [4.78, 5) is 29.4. The highest BCUT2D eigenvalue weighted by Crippen LogP contribution is 2.37. The van der Waals surface area contributed by atoms with Crippen molar-refractivity contribution in [2.24, 2.45) is 5.41 Å². The summed E-state index contributed by atoms with van der Waals surface area (Å²) in [6.07, 6.45) is 4.95. The summed E-state index contributed by atoms with van der Waals surface area (Å²) in [5, 5.41) is 3.01. The topological polar surface area (TPSA) is 52.7 Å². The number of aryl methyl sites for hydroxylation is 2. The number of nitrogens with one attached hydrogen (secondary N) is 1. The molecule has 0 radical (unpaired) electrons. The first-order chi connectivity index (χ1) is 12.1. The summed E-state index contributed by atoms with van der Waals surface area (Å²) in [5.41, 5.74) is 3.35. The van der Waals surface area contributed by atoms with Crippen molar-refractivity contribution in [3.8, 4) is 0 Å². The van der Waals surface area contributed by atoms with E-state index in [0.29, 0.717) is 6.54 Å². The van der Waals surface area contributed by atoms with Gasteiger partial charge >= 0.3 is 0 Å². The molecular weight excluding hydrogens is 314 g/mol. The van der Waals surface area contributed by atoms with E-state index in [1.54, 1.807) is 0 Å². The molecule has 25 heavy (non-hydrogen) atoms. The van der Waals surface area contributed by atoms with E-state index in [1.165, 1.54) is 11.1 Å². The lowest BCUT2D eigenvalue weighted by Crippen LogP contribution is -2.48. The van der Waals surface area contributed by atoms with E-state index in [2.05, 4.69) is 35.3 Å². The van der Waals surface area contributed by atoms with Crippen molar-refractivity contribution >= 4 is 17.5 Å². The minimum absolute atomic E-state index is 0.165. The molecule has 1 aromatic carbocycles. The standard InChI is InChI=1S/C20H27N3O2/c1-15-5-6-17-16(12-15)4-2-10-23(17)18(24)13-22-11-8-20(14-22)7-3-9-21-19(20)25/h5-6,12H,2-4,7-11,13-14H2,1H3,(H,21,25). The van der Waals surface area contributed by atoms with Crippen LogP contribution in [0.1, 0.15) is 36.8 Å². The first-order valence-corrected chi connectivity index (χ1v) is 9.48. The van der Waals surface area contributed by atoms with Crippen LogP contribution in [0.3, 0.4) is 0 Å². The highest BCUT2D eigenvalue weighted by atomic mass is 16.2. The molecule has 2 fully saturated rings. The third-order valence-corrected chi connectivity index (χ3v) is 6.05. The largest absolute Gasteiger partial charge is 0.356 e. The summed E-state index contributed by atoms with van der Waals surface area (Å²) in [6, 6.07) is 6.37. The van der Waals surface area contributed by atoms with Gasteiger partial charge < -0.3 is 10.2 Å². The van der Waals surface area contributed by atoms with Gasteiger partial charge in [0, 0.05) is 25.3 Å². The number of carbonyl (C=O) groups is 2. The SMILES string of the molecule is Cc1ccc2c(c1)CCCN2C(=O)CN1CCC2(CCCNC2=O)C1. The molecule has 1 spiro atoms. The van der Waals surface area contributed by atoms with Crippen LogP contribution in [0.5, 0.6) is 0 Å². The van der Waals surface area contributed by atoms with Crippen molar-refractivity contribution in [1.29, 1.82) is 0 Å². The molecule has 0 bridgehead atoms. The number of piperidine rings is 1. The van der Waals surface area contributed by atoms with E-state index in [4.69, 9.17) is 0 Å². The Kier molecular flexibility index (Phi) is 4.28. The maximum Gasteiger partial charge on any atom is 0.241 e. The maximum atomic E-state index is 12.9. The molecule has 1 atom stereocenters. The van der Waals surface area contributed by atoms with Crippen molar-refractivity contribution in [3.05, 3.63) is 29.3 Å². The van der Waals surface area contributed by atoms with Gasteiger partial charge in [0.2, 0.25) is 11.8 Å². The van der Waals surface area contributed by atoms with Crippen LogP contribution in [-0.4, -0.2) is 49.4 Å². The zero-order chi connectivity index (χ0) is 17.4. The molecule has 1 unspecified atom stereocenters. The van der Waals surface area contributed by atoms with Crippen LogP contribution in [0.4, 0.5) is 5.69 Å². The van der Waals surface area contributed by atoms with Crippen molar-refractivity contribution in [1.82, 2.24) is 10.2 Å². The molecule has 4 rings (SSSR count). The Balaban J connectivity index is 1.44. The van der Waals surface area contributed by atoms with Crippen LogP contribution in [0, 0.1) is 12.3 Å². The number of benzene rings is 1. The smallest absolute Gasteiger partial charge is 0.241 e. The average molecular weight is 341 g/mol. The number of anilines is 1. The van der Waals surface area contributed by atoms with Gasteiger partial charge in [-0.05, 0) is 57.2 Å². The lowest BCUT2D eigenvalue weighted by Gasteiger charge is -2.33. The Hall–Kier alpha value is -1.88. The Morgan fingerprint density at radius 1 is 1.24 bits per heavy atom. The predicted molar refractivity (Wildman–Crippen MR) is 97.6 cm³/mol. The summed E-state index contributed by atoms with van der Waals surface area (Å²) >= 11 is 0. The van der Waals surface area contributed by atoms with Crippen LogP contribution < -0.4 is 10.2 Å². The van der Waals surface area contributed by atoms with Crippen LogP contribution in [0.15, 0.2) is 18.2 Å². The van der Waals surface area contributed by atoms with Gasteiger partial charge in [-0.1, -0.05) is 17.7 Å². The Labute approximate surface area is 149 Å². The minimum atomic E-state index is -0.255. The molecule has 5 nitrogen and oxygen atoms in total. The summed E-state index contributed by atoms with van der Waals surface area (Å²) in [6.45, 7) is 5.67. The normalized spacial score (nSPS) is 26.6. The highest BCUT2D eigenvalue weighted by molar-refractivity contribution is 5.96. The third-order valence-electron chi connectivity index (χ3n) is 6.05. The second-order valence-corrected chi connectivity index (χ2v) is 7.88. The molecule has 5 heteroatoms. The van der Waals surface area contributed by atoms with Gasteiger partial charge in [-0.25, -0.2) is 0 Å². The molecule has 0 aliphatic carbocycles. The second kappa shape index (κ2) is 6.45. The number of rotatable bonds is 2. The molecule has 2 saturated heterocycles. The van der Waals surface area contributed by atoms with Crippen molar-refractivity contribution in [3.63, 3.8) is 0 Å². The zero-order valence-corrected chi connectivity index (χ0v) is 15.0. The molecule has 1 aromatic rings. The van der Waals surface area contributed by atoms with Crippen molar-refractivity contribution in [2.45, 2.75) is 39.0 Å². The average Bonchev–Trinajstić information content (AvgIpc) is 3.00. The number of amides is 2. The number of hydrogen-bond acceptors (Lipinski definition) is 3. The number of nitrogens with zero attached hydrogens (tertiary/aromatic N) is 2. The Bertz CT molecular complexity index is 702.